The molecule has 0 fully saturated rings. The fourth-order valence-corrected chi connectivity index (χ4v) is 2.06. The van der Waals surface area contributed by atoms with Crippen LogP contribution in [0.4, 0.5) is 18.0 Å². The van der Waals surface area contributed by atoms with E-state index in [4.69, 9.17) is 4.74 Å². The number of halogens is 3. The number of allylic oxidation sites excluding steroid dienone is 1. The van der Waals surface area contributed by atoms with Gasteiger partial charge in [0.1, 0.15) is 11.6 Å². The minimum atomic E-state index is -4.62. The van der Waals surface area contributed by atoms with E-state index in [1.54, 1.807) is 26.8 Å². The number of hydrogen-bond donors (Lipinski definition) is 1. The number of nitrogens with one attached hydrogen (secondary N) is 1. The number of ether oxygens (including phenoxy) is 2. The van der Waals surface area contributed by atoms with Gasteiger partial charge in [0.25, 0.3) is 0 Å². The number of hydrogen-bond acceptors (Lipinski definition) is 4. The molecule has 1 rings (SSSR count). The van der Waals surface area contributed by atoms with E-state index in [9.17, 15) is 22.8 Å². The van der Waals surface area contributed by atoms with Crippen molar-refractivity contribution in [1.29, 1.82) is 0 Å². The van der Waals surface area contributed by atoms with Gasteiger partial charge in [-0.15, -0.1) is 0 Å². The summed E-state index contributed by atoms with van der Waals surface area (Å²) in [5, 5.41) is 2.23. The van der Waals surface area contributed by atoms with E-state index in [0.29, 0.717) is 0 Å². The molecule has 0 saturated heterocycles. The normalized spacial score (nSPS) is 13.7. The molecule has 1 N–H and O–H groups in total. The Balaban J connectivity index is 3.03. The molecule has 0 aliphatic heterocycles. The molecule has 0 bridgehead atoms. The SMILES string of the molecule is COC(=O)[C@H](C/C=C(\c1ccccc1)C(F)(F)F)NC(=O)OC(C)(C)C. The van der Waals surface area contributed by atoms with Gasteiger partial charge in [0.15, 0.2) is 0 Å². The number of alkyl halides is 3. The lowest BCUT2D eigenvalue weighted by molar-refractivity contribution is -0.143. The van der Waals surface area contributed by atoms with Crippen LogP contribution in [0.5, 0.6) is 0 Å². The first-order valence-corrected chi connectivity index (χ1v) is 7.84. The van der Waals surface area contributed by atoms with Crippen molar-refractivity contribution in [3.05, 3.63) is 42.0 Å². The second-order valence-electron chi connectivity index (χ2n) is 6.44. The van der Waals surface area contributed by atoms with Crippen LogP contribution in [0.2, 0.25) is 0 Å². The second kappa shape index (κ2) is 8.73. The second-order valence-corrected chi connectivity index (χ2v) is 6.44. The zero-order valence-electron chi connectivity index (χ0n) is 15.0. The Hall–Kier alpha value is -2.51. The fourth-order valence-electron chi connectivity index (χ4n) is 2.06. The van der Waals surface area contributed by atoms with Crippen LogP contribution in [0.15, 0.2) is 36.4 Å². The van der Waals surface area contributed by atoms with Crippen molar-refractivity contribution in [2.75, 3.05) is 7.11 Å². The Morgan fingerprint density at radius 3 is 2.19 bits per heavy atom. The molecule has 0 aromatic heterocycles. The maximum atomic E-state index is 13.3. The number of esters is 1. The average Bonchev–Trinajstić information content (AvgIpc) is 2.51. The summed E-state index contributed by atoms with van der Waals surface area (Å²) in [4.78, 5) is 23.6. The van der Waals surface area contributed by atoms with E-state index < -0.39 is 41.9 Å². The molecule has 0 aliphatic carbocycles. The quantitative estimate of drug-likeness (QED) is 0.790. The maximum Gasteiger partial charge on any atom is 0.416 e. The van der Waals surface area contributed by atoms with Crippen molar-refractivity contribution in [2.24, 2.45) is 0 Å². The zero-order valence-corrected chi connectivity index (χ0v) is 15.0. The number of methoxy groups -OCH3 is 1. The van der Waals surface area contributed by atoms with Gasteiger partial charge < -0.3 is 14.8 Å². The molecular weight excluding hydrogens is 351 g/mol. The maximum absolute atomic E-state index is 13.3. The Morgan fingerprint density at radius 1 is 1.15 bits per heavy atom. The summed E-state index contributed by atoms with van der Waals surface area (Å²) in [5.41, 5.74) is -1.76. The van der Waals surface area contributed by atoms with Gasteiger partial charge >= 0.3 is 18.2 Å². The van der Waals surface area contributed by atoms with Gasteiger partial charge in [0, 0.05) is 0 Å². The Morgan fingerprint density at radius 2 is 1.73 bits per heavy atom. The third-order valence-corrected chi connectivity index (χ3v) is 3.12. The highest BCUT2D eigenvalue weighted by Gasteiger charge is 2.35. The van der Waals surface area contributed by atoms with Gasteiger partial charge in [-0.25, -0.2) is 9.59 Å². The molecule has 0 spiro atoms. The minimum Gasteiger partial charge on any atom is -0.467 e. The summed E-state index contributed by atoms with van der Waals surface area (Å²) >= 11 is 0. The van der Waals surface area contributed by atoms with Crippen LogP contribution in [-0.4, -0.2) is 37.0 Å². The van der Waals surface area contributed by atoms with Gasteiger partial charge in [-0.1, -0.05) is 36.4 Å². The van der Waals surface area contributed by atoms with E-state index in [2.05, 4.69) is 10.1 Å². The predicted molar refractivity (Wildman–Crippen MR) is 90.3 cm³/mol. The summed E-state index contributed by atoms with van der Waals surface area (Å²) in [6.07, 6.45) is -5.09. The number of benzene rings is 1. The van der Waals surface area contributed by atoms with Crippen molar-refractivity contribution in [3.63, 3.8) is 0 Å². The molecular formula is C18H22F3NO4. The standard InChI is InChI=1S/C18H22F3NO4/c1-17(2,3)26-16(24)22-14(15(23)25-4)11-10-13(18(19,20)21)12-8-6-5-7-9-12/h5-10,14H,11H2,1-4H3,(H,22,24)/b13-10+/t14-/m0/s1. The molecule has 1 aromatic carbocycles. The van der Waals surface area contributed by atoms with Crippen LogP contribution in [0.25, 0.3) is 5.57 Å². The lowest BCUT2D eigenvalue weighted by Crippen LogP contribution is -2.43. The van der Waals surface area contributed by atoms with E-state index in [1.165, 1.54) is 24.3 Å². The van der Waals surface area contributed by atoms with Crippen molar-refractivity contribution in [1.82, 2.24) is 5.32 Å². The summed E-state index contributed by atoms with van der Waals surface area (Å²) in [6, 6.07) is 5.87. The van der Waals surface area contributed by atoms with Crippen molar-refractivity contribution < 1.29 is 32.2 Å². The average molecular weight is 373 g/mol. The summed E-state index contributed by atoms with van der Waals surface area (Å²) in [7, 11) is 1.08. The topological polar surface area (TPSA) is 64.6 Å². The number of amides is 1. The summed E-state index contributed by atoms with van der Waals surface area (Å²) in [5.74, 6) is -0.873. The molecule has 1 aromatic rings. The third kappa shape index (κ3) is 7.16. The number of carbonyl (C=O) groups is 2. The first-order valence-electron chi connectivity index (χ1n) is 7.84. The van der Waals surface area contributed by atoms with Crippen molar-refractivity contribution in [3.8, 4) is 0 Å². The Bertz CT molecular complexity index is 649. The van der Waals surface area contributed by atoms with Crippen LogP contribution >= 0.6 is 0 Å². The molecule has 0 radical (unpaired) electrons. The van der Waals surface area contributed by atoms with E-state index >= 15 is 0 Å². The molecule has 8 heteroatoms. The molecule has 0 heterocycles. The van der Waals surface area contributed by atoms with Crippen molar-refractivity contribution in [2.45, 2.75) is 45.0 Å². The highest BCUT2D eigenvalue weighted by Crippen LogP contribution is 2.34. The number of rotatable bonds is 5. The molecule has 0 saturated carbocycles. The molecule has 1 atom stereocenters. The fraction of sp³-hybridized carbons (Fsp3) is 0.444. The van der Waals surface area contributed by atoms with Crippen LogP contribution in [-0.2, 0) is 14.3 Å². The Labute approximate surface area is 150 Å². The first-order chi connectivity index (χ1) is 11.9. The zero-order chi connectivity index (χ0) is 20.0. The van der Waals surface area contributed by atoms with E-state index in [1.807, 2.05) is 0 Å². The van der Waals surface area contributed by atoms with Gasteiger partial charge in [-0.3, -0.25) is 0 Å². The number of alkyl carbamates (subject to hydrolysis) is 1. The third-order valence-electron chi connectivity index (χ3n) is 3.12. The molecule has 0 aliphatic rings. The van der Waals surface area contributed by atoms with E-state index in [0.717, 1.165) is 13.2 Å². The molecule has 1 amide bonds. The van der Waals surface area contributed by atoms with E-state index in [-0.39, 0.29) is 5.56 Å². The van der Waals surface area contributed by atoms with Crippen LogP contribution < -0.4 is 5.32 Å². The van der Waals surface area contributed by atoms with Gasteiger partial charge in [0.2, 0.25) is 0 Å². The first kappa shape index (κ1) is 21.5. The lowest BCUT2D eigenvalue weighted by Gasteiger charge is -2.22. The highest BCUT2D eigenvalue weighted by atomic mass is 19.4. The highest BCUT2D eigenvalue weighted by molar-refractivity contribution is 5.82. The van der Waals surface area contributed by atoms with Crippen LogP contribution in [0, 0.1) is 0 Å². The largest absolute Gasteiger partial charge is 0.467 e. The minimum absolute atomic E-state index is 0.0408. The van der Waals surface area contributed by atoms with Crippen molar-refractivity contribution >= 4 is 17.6 Å². The van der Waals surface area contributed by atoms with Gasteiger partial charge in [-0.05, 0) is 32.8 Å². The predicted octanol–water partition coefficient (Wildman–Crippen LogP) is 4.09. The molecule has 26 heavy (non-hydrogen) atoms. The summed E-state index contributed by atoms with van der Waals surface area (Å²) < 4.78 is 49.6. The lowest BCUT2D eigenvalue weighted by atomic mass is 10.0. The number of carbonyl (C=O) groups excluding carboxylic acids is 2. The molecule has 5 nitrogen and oxygen atoms in total. The summed E-state index contributed by atoms with van der Waals surface area (Å²) in [6.45, 7) is 4.87. The van der Waals surface area contributed by atoms with Crippen LogP contribution in [0.3, 0.4) is 0 Å². The van der Waals surface area contributed by atoms with Gasteiger partial charge in [0.05, 0.1) is 12.7 Å². The smallest absolute Gasteiger partial charge is 0.416 e. The monoisotopic (exact) mass is 373 g/mol. The molecule has 144 valence electrons. The van der Waals surface area contributed by atoms with Crippen LogP contribution in [0.1, 0.15) is 32.8 Å². The Kier molecular flexibility index (Phi) is 7.23. The van der Waals surface area contributed by atoms with Gasteiger partial charge in [-0.2, -0.15) is 13.2 Å². The molecule has 0 unspecified atom stereocenters.